The standard InChI is InChI=1S/C12H16F2N2O/c1-16(2)12(17)9(7-15)5-8-3-4-10(13)11(14)6-8/h3-4,6,9H,5,7,15H2,1-2H3. The lowest BCUT2D eigenvalue weighted by atomic mass is 9.98. The van der Waals surface area contributed by atoms with Gasteiger partial charge in [-0.1, -0.05) is 6.07 Å². The molecule has 94 valence electrons. The van der Waals surface area contributed by atoms with Gasteiger partial charge in [-0.3, -0.25) is 4.79 Å². The zero-order chi connectivity index (χ0) is 13.0. The van der Waals surface area contributed by atoms with E-state index in [4.69, 9.17) is 5.73 Å². The Balaban J connectivity index is 2.80. The van der Waals surface area contributed by atoms with Gasteiger partial charge in [-0.25, -0.2) is 8.78 Å². The van der Waals surface area contributed by atoms with E-state index < -0.39 is 17.6 Å². The van der Waals surface area contributed by atoms with E-state index in [0.717, 1.165) is 12.1 Å². The summed E-state index contributed by atoms with van der Waals surface area (Å²) in [5.74, 6) is -2.32. The maximum Gasteiger partial charge on any atom is 0.226 e. The number of benzene rings is 1. The molecule has 0 spiro atoms. The van der Waals surface area contributed by atoms with E-state index in [-0.39, 0.29) is 12.5 Å². The monoisotopic (exact) mass is 242 g/mol. The molecule has 0 saturated heterocycles. The summed E-state index contributed by atoms with van der Waals surface area (Å²) < 4.78 is 25.7. The van der Waals surface area contributed by atoms with Crippen molar-refractivity contribution in [3.8, 4) is 0 Å². The quantitative estimate of drug-likeness (QED) is 0.861. The van der Waals surface area contributed by atoms with Crippen LogP contribution in [-0.4, -0.2) is 31.4 Å². The normalized spacial score (nSPS) is 12.3. The molecule has 1 rings (SSSR count). The maximum absolute atomic E-state index is 13.0. The highest BCUT2D eigenvalue weighted by molar-refractivity contribution is 5.78. The molecule has 0 radical (unpaired) electrons. The highest BCUT2D eigenvalue weighted by atomic mass is 19.2. The molecular formula is C12H16F2N2O. The van der Waals surface area contributed by atoms with Gasteiger partial charge in [-0.2, -0.15) is 0 Å². The molecule has 1 aromatic rings. The van der Waals surface area contributed by atoms with Crippen LogP contribution in [0.25, 0.3) is 0 Å². The number of amides is 1. The van der Waals surface area contributed by atoms with Crippen LogP contribution >= 0.6 is 0 Å². The number of carbonyl (C=O) groups is 1. The molecule has 0 heterocycles. The first-order chi connectivity index (χ1) is 7.95. The molecule has 0 bridgehead atoms. The molecular weight excluding hydrogens is 226 g/mol. The summed E-state index contributed by atoms with van der Waals surface area (Å²) in [4.78, 5) is 13.2. The second-order valence-corrected chi connectivity index (χ2v) is 4.12. The van der Waals surface area contributed by atoms with Crippen molar-refractivity contribution in [1.82, 2.24) is 4.90 Å². The number of rotatable bonds is 4. The average Bonchev–Trinajstić information content (AvgIpc) is 2.29. The van der Waals surface area contributed by atoms with Gasteiger partial charge in [0.2, 0.25) is 5.91 Å². The molecule has 1 atom stereocenters. The first-order valence-electron chi connectivity index (χ1n) is 5.31. The summed E-state index contributed by atoms with van der Waals surface area (Å²) in [5.41, 5.74) is 6.08. The molecule has 1 amide bonds. The number of hydrogen-bond donors (Lipinski definition) is 1. The molecule has 0 aliphatic carbocycles. The first-order valence-corrected chi connectivity index (χ1v) is 5.31. The Morgan fingerprint density at radius 1 is 1.35 bits per heavy atom. The van der Waals surface area contributed by atoms with Crippen LogP contribution < -0.4 is 5.73 Å². The number of nitrogens with two attached hydrogens (primary N) is 1. The van der Waals surface area contributed by atoms with Crippen molar-refractivity contribution < 1.29 is 13.6 Å². The third kappa shape index (κ3) is 3.49. The zero-order valence-electron chi connectivity index (χ0n) is 9.91. The lowest BCUT2D eigenvalue weighted by Crippen LogP contribution is -2.35. The molecule has 2 N–H and O–H groups in total. The van der Waals surface area contributed by atoms with Crippen LogP contribution in [0.3, 0.4) is 0 Å². The van der Waals surface area contributed by atoms with Gasteiger partial charge in [0, 0.05) is 20.6 Å². The Hall–Kier alpha value is -1.49. The minimum absolute atomic E-state index is 0.114. The van der Waals surface area contributed by atoms with Crippen molar-refractivity contribution in [3.63, 3.8) is 0 Å². The van der Waals surface area contributed by atoms with Crippen LogP contribution in [0.4, 0.5) is 8.78 Å². The van der Waals surface area contributed by atoms with Gasteiger partial charge in [0.15, 0.2) is 11.6 Å². The number of carbonyl (C=O) groups excluding carboxylic acids is 1. The van der Waals surface area contributed by atoms with Gasteiger partial charge < -0.3 is 10.6 Å². The predicted molar refractivity (Wildman–Crippen MR) is 61.3 cm³/mol. The van der Waals surface area contributed by atoms with Gasteiger partial charge in [0.05, 0.1) is 5.92 Å². The molecule has 1 aromatic carbocycles. The second-order valence-electron chi connectivity index (χ2n) is 4.12. The second kappa shape index (κ2) is 5.72. The molecule has 17 heavy (non-hydrogen) atoms. The highest BCUT2D eigenvalue weighted by Gasteiger charge is 2.19. The Morgan fingerprint density at radius 3 is 2.47 bits per heavy atom. The van der Waals surface area contributed by atoms with Gasteiger partial charge in [-0.15, -0.1) is 0 Å². The Kier molecular flexibility index (Phi) is 4.57. The van der Waals surface area contributed by atoms with Gasteiger partial charge in [0.25, 0.3) is 0 Å². The lowest BCUT2D eigenvalue weighted by molar-refractivity contribution is -0.132. The summed E-state index contributed by atoms with van der Waals surface area (Å²) in [5, 5.41) is 0. The lowest BCUT2D eigenvalue weighted by Gasteiger charge is -2.19. The van der Waals surface area contributed by atoms with Gasteiger partial charge in [-0.05, 0) is 24.1 Å². The van der Waals surface area contributed by atoms with Crippen molar-refractivity contribution in [3.05, 3.63) is 35.4 Å². The molecule has 0 aliphatic heterocycles. The third-order valence-electron chi connectivity index (χ3n) is 2.54. The number of nitrogens with zero attached hydrogens (tertiary/aromatic N) is 1. The minimum Gasteiger partial charge on any atom is -0.349 e. The van der Waals surface area contributed by atoms with E-state index >= 15 is 0 Å². The fraction of sp³-hybridized carbons (Fsp3) is 0.417. The zero-order valence-corrected chi connectivity index (χ0v) is 9.91. The van der Waals surface area contributed by atoms with Crippen molar-refractivity contribution in [1.29, 1.82) is 0 Å². The summed E-state index contributed by atoms with van der Waals surface area (Å²) in [6.45, 7) is 0.177. The number of hydrogen-bond acceptors (Lipinski definition) is 2. The highest BCUT2D eigenvalue weighted by Crippen LogP contribution is 2.13. The SMILES string of the molecule is CN(C)C(=O)C(CN)Cc1ccc(F)c(F)c1. The van der Waals surface area contributed by atoms with Crippen LogP contribution in [0.2, 0.25) is 0 Å². The van der Waals surface area contributed by atoms with Crippen molar-refractivity contribution in [2.45, 2.75) is 6.42 Å². The van der Waals surface area contributed by atoms with E-state index in [2.05, 4.69) is 0 Å². The first kappa shape index (κ1) is 13.6. The van der Waals surface area contributed by atoms with Crippen LogP contribution in [0.1, 0.15) is 5.56 Å². The van der Waals surface area contributed by atoms with E-state index in [1.54, 1.807) is 14.1 Å². The minimum atomic E-state index is -0.907. The van der Waals surface area contributed by atoms with E-state index in [1.807, 2.05) is 0 Å². The smallest absolute Gasteiger partial charge is 0.226 e. The van der Waals surface area contributed by atoms with Crippen LogP contribution in [0.5, 0.6) is 0 Å². The predicted octanol–water partition coefficient (Wildman–Crippen LogP) is 1.17. The molecule has 0 fully saturated rings. The molecule has 5 heteroatoms. The van der Waals surface area contributed by atoms with Crippen LogP contribution in [0.15, 0.2) is 18.2 Å². The summed E-state index contributed by atoms with van der Waals surface area (Å²) in [7, 11) is 3.27. The van der Waals surface area contributed by atoms with Crippen molar-refractivity contribution >= 4 is 5.91 Å². The van der Waals surface area contributed by atoms with Gasteiger partial charge in [0.1, 0.15) is 0 Å². The van der Waals surface area contributed by atoms with E-state index in [9.17, 15) is 13.6 Å². The average molecular weight is 242 g/mol. The Morgan fingerprint density at radius 2 is 2.00 bits per heavy atom. The Bertz CT molecular complexity index is 407. The van der Waals surface area contributed by atoms with Gasteiger partial charge >= 0.3 is 0 Å². The molecule has 1 unspecified atom stereocenters. The van der Waals surface area contributed by atoms with Crippen LogP contribution in [0, 0.1) is 17.6 Å². The topological polar surface area (TPSA) is 46.3 Å². The fourth-order valence-electron chi connectivity index (χ4n) is 1.59. The molecule has 0 aliphatic rings. The summed E-state index contributed by atoms with van der Waals surface area (Å²) >= 11 is 0. The molecule has 0 saturated carbocycles. The van der Waals surface area contributed by atoms with E-state index in [1.165, 1.54) is 11.0 Å². The maximum atomic E-state index is 13.0. The molecule has 3 nitrogen and oxygen atoms in total. The largest absolute Gasteiger partial charge is 0.349 e. The Labute approximate surface area is 99.2 Å². The number of halogens is 2. The van der Waals surface area contributed by atoms with Crippen molar-refractivity contribution in [2.75, 3.05) is 20.6 Å². The van der Waals surface area contributed by atoms with Crippen LogP contribution in [-0.2, 0) is 11.2 Å². The summed E-state index contributed by atoms with van der Waals surface area (Å²) in [6.07, 6.45) is 0.310. The molecule has 0 aromatic heterocycles. The fourth-order valence-corrected chi connectivity index (χ4v) is 1.59. The van der Waals surface area contributed by atoms with E-state index in [0.29, 0.717) is 12.0 Å². The summed E-state index contributed by atoms with van der Waals surface area (Å²) in [6, 6.07) is 3.61. The van der Waals surface area contributed by atoms with Crippen molar-refractivity contribution in [2.24, 2.45) is 11.7 Å². The third-order valence-corrected chi connectivity index (χ3v) is 2.54.